The van der Waals surface area contributed by atoms with Gasteiger partial charge in [0.2, 0.25) is 0 Å². The van der Waals surface area contributed by atoms with Gasteiger partial charge in [-0.25, -0.2) is 0 Å². The number of likely N-dealkylation sites (N-methyl/N-ethyl adjacent to an activating group) is 1. The van der Waals surface area contributed by atoms with Crippen molar-refractivity contribution in [2.45, 2.75) is 110 Å². The third-order valence-corrected chi connectivity index (χ3v) is 4.65. The molecule has 0 aromatic heterocycles. The van der Waals surface area contributed by atoms with Gasteiger partial charge in [0.25, 0.3) is 0 Å². The average Bonchev–Trinajstić information content (AvgIpc) is 2.51. The Balaban J connectivity index is 4.31. The molecule has 0 aliphatic carbocycles. The summed E-state index contributed by atoms with van der Waals surface area (Å²) in [6, 6.07) is 0.648. The highest BCUT2D eigenvalue weighted by molar-refractivity contribution is 5.07. The van der Waals surface area contributed by atoms with Crippen LogP contribution in [0.4, 0.5) is 0 Å². The summed E-state index contributed by atoms with van der Waals surface area (Å²) < 4.78 is 0. The number of rotatable bonds is 15. The standard InChI is InChI=1S/C21H43N/c1-6-9-12-13-14-15-18-21(22(4)5)19-20(16-10-7-2)17-11-8-3/h19,21H,6-18H2,1-5H3. The van der Waals surface area contributed by atoms with E-state index in [1.54, 1.807) is 5.57 Å². The van der Waals surface area contributed by atoms with Gasteiger partial charge in [-0.05, 0) is 46.2 Å². The van der Waals surface area contributed by atoms with E-state index in [0.717, 1.165) is 0 Å². The van der Waals surface area contributed by atoms with Gasteiger partial charge in [-0.1, -0.05) is 83.8 Å². The molecule has 1 nitrogen and oxygen atoms in total. The van der Waals surface area contributed by atoms with Crippen molar-refractivity contribution in [2.75, 3.05) is 14.1 Å². The summed E-state index contributed by atoms with van der Waals surface area (Å²) >= 11 is 0. The summed E-state index contributed by atoms with van der Waals surface area (Å²) in [5.74, 6) is 0. The SMILES string of the molecule is CCCCCCCCC(C=C(CCCC)CCCC)N(C)C. The third-order valence-electron chi connectivity index (χ3n) is 4.65. The Hall–Kier alpha value is -0.300. The molecule has 0 bridgehead atoms. The van der Waals surface area contributed by atoms with Crippen LogP contribution < -0.4 is 0 Å². The molecule has 132 valence electrons. The lowest BCUT2D eigenvalue weighted by molar-refractivity contribution is 0.317. The minimum absolute atomic E-state index is 0.648. The fraction of sp³-hybridized carbons (Fsp3) is 0.905. The minimum Gasteiger partial charge on any atom is -0.303 e. The molecule has 1 unspecified atom stereocenters. The van der Waals surface area contributed by atoms with E-state index in [9.17, 15) is 0 Å². The average molecular weight is 310 g/mol. The van der Waals surface area contributed by atoms with E-state index >= 15 is 0 Å². The zero-order chi connectivity index (χ0) is 16.6. The Morgan fingerprint density at radius 2 is 1.23 bits per heavy atom. The molecule has 22 heavy (non-hydrogen) atoms. The second-order valence-electron chi connectivity index (χ2n) is 7.12. The molecule has 0 rings (SSSR count). The minimum atomic E-state index is 0.648. The lowest BCUT2D eigenvalue weighted by Crippen LogP contribution is -2.26. The van der Waals surface area contributed by atoms with Crippen LogP contribution in [0.15, 0.2) is 11.6 Å². The van der Waals surface area contributed by atoms with Gasteiger partial charge in [-0.2, -0.15) is 0 Å². The summed E-state index contributed by atoms with van der Waals surface area (Å²) in [7, 11) is 4.49. The highest BCUT2D eigenvalue weighted by atomic mass is 15.1. The molecule has 0 saturated heterocycles. The molecule has 0 spiro atoms. The third kappa shape index (κ3) is 12.3. The first-order valence-corrected chi connectivity index (χ1v) is 10.0. The van der Waals surface area contributed by atoms with E-state index in [1.807, 2.05) is 0 Å². The molecule has 0 heterocycles. The molecule has 0 aliphatic heterocycles. The number of hydrogen-bond acceptors (Lipinski definition) is 1. The van der Waals surface area contributed by atoms with Crippen molar-refractivity contribution < 1.29 is 0 Å². The van der Waals surface area contributed by atoms with Gasteiger partial charge < -0.3 is 4.90 Å². The summed E-state index contributed by atoms with van der Waals surface area (Å²) in [6.45, 7) is 6.90. The lowest BCUT2D eigenvalue weighted by Gasteiger charge is -2.23. The smallest absolute Gasteiger partial charge is 0.0274 e. The van der Waals surface area contributed by atoms with Gasteiger partial charge in [0, 0.05) is 6.04 Å². The van der Waals surface area contributed by atoms with Crippen LogP contribution in [0.2, 0.25) is 0 Å². The fourth-order valence-corrected chi connectivity index (χ4v) is 3.00. The number of hydrogen-bond donors (Lipinski definition) is 0. The first-order valence-electron chi connectivity index (χ1n) is 10.0. The molecule has 0 fully saturated rings. The Kier molecular flexibility index (Phi) is 15.4. The normalized spacial score (nSPS) is 12.6. The Morgan fingerprint density at radius 1 is 0.727 bits per heavy atom. The summed E-state index contributed by atoms with van der Waals surface area (Å²) in [5, 5.41) is 0. The summed E-state index contributed by atoms with van der Waals surface area (Å²) in [4.78, 5) is 2.42. The lowest BCUT2D eigenvalue weighted by atomic mass is 9.97. The Bertz CT molecular complexity index is 245. The number of nitrogens with zero attached hydrogens (tertiary/aromatic N) is 1. The van der Waals surface area contributed by atoms with Crippen LogP contribution in [0.25, 0.3) is 0 Å². The molecule has 0 saturated carbocycles. The zero-order valence-electron chi connectivity index (χ0n) is 16.3. The maximum absolute atomic E-state index is 2.61. The van der Waals surface area contributed by atoms with Gasteiger partial charge >= 0.3 is 0 Å². The van der Waals surface area contributed by atoms with Crippen molar-refractivity contribution in [3.63, 3.8) is 0 Å². The molecular weight excluding hydrogens is 266 g/mol. The van der Waals surface area contributed by atoms with E-state index in [-0.39, 0.29) is 0 Å². The highest BCUT2D eigenvalue weighted by Crippen LogP contribution is 2.19. The fourth-order valence-electron chi connectivity index (χ4n) is 3.00. The van der Waals surface area contributed by atoms with Crippen molar-refractivity contribution in [2.24, 2.45) is 0 Å². The first kappa shape index (κ1) is 21.7. The van der Waals surface area contributed by atoms with E-state index in [1.165, 1.54) is 83.5 Å². The van der Waals surface area contributed by atoms with Crippen LogP contribution in [0.3, 0.4) is 0 Å². The van der Waals surface area contributed by atoms with Crippen LogP contribution >= 0.6 is 0 Å². The van der Waals surface area contributed by atoms with E-state index < -0.39 is 0 Å². The van der Waals surface area contributed by atoms with Crippen LogP contribution in [-0.4, -0.2) is 25.0 Å². The van der Waals surface area contributed by atoms with Gasteiger partial charge in [0.05, 0.1) is 0 Å². The van der Waals surface area contributed by atoms with Gasteiger partial charge in [-0.3, -0.25) is 0 Å². The molecule has 0 amide bonds. The van der Waals surface area contributed by atoms with Gasteiger partial charge in [0.1, 0.15) is 0 Å². The van der Waals surface area contributed by atoms with Crippen LogP contribution in [0.5, 0.6) is 0 Å². The summed E-state index contributed by atoms with van der Waals surface area (Å²) in [6.07, 6.45) is 20.3. The quantitative estimate of drug-likeness (QED) is 0.233. The maximum atomic E-state index is 2.61. The van der Waals surface area contributed by atoms with E-state index in [2.05, 4.69) is 45.8 Å². The molecule has 0 aromatic rings. The van der Waals surface area contributed by atoms with Crippen molar-refractivity contribution in [3.05, 3.63) is 11.6 Å². The van der Waals surface area contributed by atoms with E-state index in [0.29, 0.717) is 6.04 Å². The maximum Gasteiger partial charge on any atom is 0.0274 e. The topological polar surface area (TPSA) is 3.24 Å². The van der Waals surface area contributed by atoms with Gasteiger partial charge in [0.15, 0.2) is 0 Å². The van der Waals surface area contributed by atoms with Crippen molar-refractivity contribution in [3.8, 4) is 0 Å². The highest BCUT2D eigenvalue weighted by Gasteiger charge is 2.10. The second-order valence-corrected chi connectivity index (χ2v) is 7.12. The molecule has 1 atom stereocenters. The summed E-state index contributed by atoms with van der Waals surface area (Å²) in [5.41, 5.74) is 1.72. The Morgan fingerprint density at radius 3 is 1.73 bits per heavy atom. The largest absolute Gasteiger partial charge is 0.303 e. The predicted octanol–water partition coefficient (Wildman–Crippen LogP) is 6.97. The van der Waals surface area contributed by atoms with Crippen LogP contribution in [-0.2, 0) is 0 Å². The van der Waals surface area contributed by atoms with Gasteiger partial charge in [-0.15, -0.1) is 0 Å². The Labute approximate surface area is 141 Å². The molecule has 0 aliphatic rings. The predicted molar refractivity (Wildman–Crippen MR) is 103 cm³/mol. The molecule has 0 aromatic carbocycles. The number of allylic oxidation sites excluding steroid dienone is 1. The van der Waals surface area contributed by atoms with Crippen LogP contribution in [0.1, 0.15) is 104 Å². The molecular formula is C21H43N. The van der Waals surface area contributed by atoms with Crippen LogP contribution in [0, 0.1) is 0 Å². The van der Waals surface area contributed by atoms with Crippen molar-refractivity contribution in [1.82, 2.24) is 4.90 Å². The molecule has 0 radical (unpaired) electrons. The van der Waals surface area contributed by atoms with Crippen molar-refractivity contribution in [1.29, 1.82) is 0 Å². The van der Waals surface area contributed by atoms with E-state index in [4.69, 9.17) is 0 Å². The molecule has 0 N–H and O–H groups in total. The monoisotopic (exact) mass is 309 g/mol. The zero-order valence-corrected chi connectivity index (χ0v) is 16.3. The first-order chi connectivity index (χ1) is 10.7. The molecule has 1 heteroatoms. The van der Waals surface area contributed by atoms with Crippen molar-refractivity contribution >= 4 is 0 Å². The number of unbranched alkanes of at least 4 members (excludes halogenated alkanes) is 7. The second kappa shape index (κ2) is 15.6.